The topological polar surface area (TPSA) is 64.0 Å². The van der Waals surface area contributed by atoms with E-state index in [9.17, 15) is 9.59 Å². The highest BCUT2D eigenvalue weighted by atomic mass is 35.5. The van der Waals surface area contributed by atoms with Gasteiger partial charge in [-0.25, -0.2) is 4.98 Å². The first kappa shape index (κ1) is 14.7. The summed E-state index contributed by atoms with van der Waals surface area (Å²) in [4.78, 5) is 27.7. The van der Waals surface area contributed by atoms with Crippen molar-refractivity contribution in [3.63, 3.8) is 0 Å². The van der Waals surface area contributed by atoms with Gasteiger partial charge in [-0.2, -0.15) is 0 Å². The van der Waals surface area contributed by atoms with Crippen LogP contribution in [0.15, 0.2) is 10.9 Å². The fraction of sp³-hybridized carbons (Fsp3) is 0.583. The predicted molar refractivity (Wildman–Crippen MR) is 70.9 cm³/mol. The van der Waals surface area contributed by atoms with Crippen LogP contribution in [0.2, 0.25) is 5.15 Å². The molecular weight excluding hydrogens is 254 g/mol. The van der Waals surface area contributed by atoms with Crippen molar-refractivity contribution in [2.45, 2.75) is 46.2 Å². The number of nitrogens with zero attached hydrogens (tertiary/aromatic N) is 2. The SMILES string of the molecule is CC(C)NC(=O)Cn1c(C(C)C)nc(Cl)cc1=O. The molecule has 1 rings (SSSR count). The van der Waals surface area contributed by atoms with Crippen LogP contribution in [0.5, 0.6) is 0 Å². The number of carbonyl (C=O) groups excluding carboxylic acids is 1. The highest BCUT2D eigenvalue weighted by molar-refractivity contribution is 6.29. The van der Waals surface area contributed by atoms with Crippen molar-refractivity contribution >= 4 is 17.5 Å². The van der Waals surface area contributed by atoms with E-state index in [4.69, 9.17) is 11.6 Å². The molecule has 0 saturated heterocycles. The molecule has 1 amide bonds. The van der Waals surface area contributed by atoms with Crippen LogP contribution in [0.4, 0.5) is 0 Å². The maximum Gasteiger partial charge on any atom is 0.255 e. The molecule has 1 heterocycles. The van der Waals surface area contributed by atoms with Crippen LogP contribution >= 0.6 is 11.6 Å². The molecule has 0 atom stereocenters. The van der Waals surface area contributed by atoms with Crippen LogP contribution in [-0.4, -0.2) is 21.5 Å². The number of aromatic nitrogens is 2. The van der Waals surface area contributed by atoms with Crippen LogP contribution in [0, 0.1) is 0 Å². The average molecular weight is 272 g/mol. The normalized spacial score (nSPS) is 11.1. The number of rotatable bonds is 4. The first-order valence-corrected chi connectivity index (χ1v) is 6.25. The van der Waals surface area contributed by atoms with Crippen molar-refractivity contribution in [2.75, 3.05) is 0 Å². The largest absolute Gasteiger partial charge is 0.352 e. The average Bonchev–Trinajstić information content (AvgIpc) is 2.20. The molecule has 100 valence electrons. The van der Waals surface area contributed by atoms with E-state index in [1.54, 1.807) is 0 Å². The molecule has 0 radical (unpaired) electrons. The summed E-state index contributed by atoms with van der Waals surface area (Å²) < 4.78 is 1.36. The maximum atomic E-state index is 11.8. The van der Waals surface area contributed by atoms with Crippen LogP contribution in [-0.2, 0) is 11.3 Å². The molecule has 0 unspecified atom stereocenters. The van der Waals surface area contributed by atoms with E-state index in [1.807, 2.05) is 27.7 Å². The predicted octanol–water partition coefficient (Wildman–Crippen LogP) is 1.54. The summed E-state index contributed by atoms with van der Waals surface area (Å²) in [7, 11) is 0. The quantitative estimate of drug-likeness (QED) is 0.845. The molecule has 1 aromatic heterocycles. The summed E-state index contributed by atoms with van der Waals surface area (Å²) in [5, 5.41) is 2.90. The first-order chi connectivity index (χ1) is 8.31. The Hall–Kier alpha value is -1.36. The Kier molecular flexibility index (Phi) is 4.90. The summed E-state index contributed by atoms with van der Waals surface area (Å²) in [6.45, 7) is 7.49. The van der Waals surface area contributed by atoms with Gasteiger partial charge in [-0.3, -0.25) is 14.2 Å². The molecule has 6 heteroatoms. The lowest BCUT2D eigenvalue weighted by atomic mass is 10.2. The monoisotopic (exact) mass is 271 g/mol. The van der Waals surface area contributed by atoms with Crippen molar-refractivity contribution < 1.29 is 4.79 Å². The van der Waals surface area contributed by atoms with E-state index in [2.05, 4.69) is 10.3 Å². The lowest BCUT2D eigenvalue weighted by Gasteiger charge is -2.15. The van der Waals surface area contributed by atoms with Gasteiger partial charge in [0.05, 0.1) is 0 Å². The Balaban J connectivity index is 3.08. The number of hydrogen-bond donors (Lipinski definition) is 1. The van der Waals surface area contributed by atoms with Gasteiger partial charge in [0.2, 0.25) is 5.91 Å². The molecule has 1 aromatic rings. The van der Waals surface area contributed by atoms with Gasteiger partial charge in [-0.15, -0.1) is 0 Å². The van der Waals surface area contributed by atoms with Gasteiger partial charge in [0.1, 0.15) is 17.5 Å². The highest BCUT2D eigenvalue weighted by Gasteiger charge is 2.14. The molecule has 0 aliphatic heterocycles. The van der Waals surface area contributed by atoms with Gasteiger partial charge in [0.15, 0.2) is 0 Å². The number of carbonyl (C=O) groups is 1. The molecule has 0 aromatic carbocycles. The Labute approximate surface area is 111 Å². The zero-order valence-electron chi connectivity index (χ0n) is 11.0. The minimum atomic E-state index is -0.308. The molecule has 0 spiro atoms. The van der Waals surface area contributed by atoms with Gasteiger partial charge in [0, 0.05) is 18.0 Å². The second kappa shape index (κ2) is 6.00. The Morgan fingerprint density at radius 3 is 2.56 bits per heavy atom. The van der Waals surface area contributed by atoms with Gasteiger partial charge in [-0.1, -0.05) is 25.4 Å². The fourth-order valence-corrected chi connectivity index (χ4v) is 1.79. The van der Waals surface area contributed by atoms with Gasteiger partial charge >= 0.3 is 0 Å². The second-order valence-electron chi connectivity index (χ2n) is 4.74. The standard InChI is InChI=1S/C12H18ClN3O2/c1-7(2)12-15-9(13)5-11(18)16(12)6-10(17)14-8(3)4/h5,7-8H,6H2,1-4H3,(H,14,17). The van der Waals surface area contributed by atoms with E-state index >= 15 is 0 Å². The number of hydrogen-bond acceptors (Lipinski definition) is 3. The molecule has 0 aliphatic carbocycles. The number of halogens is 1. The summed E-state index contributed by atoms with van der Waals surface area (Å²) in [5.41, 5.74) is -0.308. The Morgan fingerprint density at radius 1 is 1.44 bits per heavy atom. The summed E-state index contributed by atoms with van der Waals surface area (Å²) in [6.07, 6.45) is 0. The molecule has 0 aliphatic rings. The molecule has 0 bridgehead atoms. The first-order valence-electron chi connectivity index (χ1n) is 5.88. The Morgan fingerprint density at radius 2 is 2.06 bits per heavy atom. The number of amides is 1. The summed E-state index contributed by atoms with van der Waals surface area (Å²) >= 11 is 5.76. The van der Waals surface area contributed by atoms with E-state index in [-0.39, 0.29) is 35.1 Å². The van der Waals surface area contributed by atoms with E-state index in [1.165, 1.54) is 10.6 Å². The molecular formula is C12H18ClN3O2. The van der Waals surface area contributed by atoms with Crippen LogP contribution in [0.1, 0.15) is 39.4 Å². The van der Waals surface area contributed by atoms with Crippen molar-refractivity contribution in [1.82, 2.24) is 14.9 Å². The molecule has 5 nitrogen and oxygen atoms in total. The van der Waals surface area contributed by atoms with Crippen molar-refractivity contribution in [1.29, 1.82) is 0 Å². The smallest absolute Gasteiger partial charge is 0.255 e. The van der Waals surface area contributed by atoms with Gasteiger partial charge in [-0.05, 0) is 13.8 Å². The molecule has 0 saturated carbocycles. The van der Waals surface area contributed by atoms with Crippen LogP contribution in [0.3, 0.4) is 0 Å². The zero-order chi connectivity index (χ0) is 13.9. The van der Waals surface area contributed by atoms with E-state index in [0.717, 1.165) is 0 Å². The van der Waals surface area contributed by atoms with Crippen LogP contribution < -0.4 is 10.9 Å². The lowest BCUT2D eigenvalue weighted by molar-refractivity contribution is -0.122. The minimum absolute atomic E-state index is 0.0169. The lowest BCUT2D eigenvalue weighted by Crippen LogP contribution is -2.37. The fourth-order valence-electron chi connectivity index (χ4n) is 1.61. The summed E-state index contributed by atoms with van der Waals surface area (Å²) in [5.74, 6) is 0.327. The number of nitrogens with one attached hydrogen (secondary N) is 1. The van der Waals surface area contributed by atoms with Crippen molar-refractivity contribution in [3.05, 3.63) is 27.4 Å². The third kappa shape index (κ3) is 3.84. The van der Waals surface area contributed by atoms with Crippen LogP contribution in [0.25, 0.3) is 0 Å². The zero-order valence-corrected chi connectivity index (χ0v) is 11.8. The van der Waals surface area contributed by atoms with E-state index in [0.29, 0.717) is 5.82 Å². The molecule has 18 heavy (non-hydrogen) atoms. The third-order valence-electron chi connectivity index (χ3n) is 2.27. The molecule has 0 fully saturated rings. The van der Waals surface area contributed by atoms with E-state index < -0.39 is 0 Å². The third-order valence-corrected chi connectivity index (χ3v) is 2.47. The summed E-state index contributed by atoms with van der Waals surface area (Å²) in [6, 6.07) is 1.26. The molecule has 1 N–H and O–H groups in total. The maximum absolute atomic E-state index is 11.8. The van der Waals surface area contributed by atoms with Gasteiger partial charge in [0.25, 0.3) is 5.56 Å². The van der Waals surface area contributed by atoms with Crippen molar-refractivity contribution in [3.8, 4) is 0 Å². The minimum Gasteiger partial charge on any atom is -0.352 e. The Bertz CT molecular complexity index is 495. The second-order valence-corrected chi connectivity index (χ2v) is 5.13. The van der Waals surface area contributed by atoms with Crippen molar-refractivity contribution in [2.24, 2.45) is 0 Å². The highest BCUT2D eigenvalue weighted by Crippen LogP contribution is 2.12. The van der Waals surface area contributed by atoms with Gasteiger partial charge < -0.3 is 5.32 Å².